The zero-order valence-corrected chi connectivity index (χ0v) is 16.1. The second-order valence-electron chi connectivity index (χ2n) is 7.21. The topological polar surface area (TPSA) is 129 Å². The van der Waals surface area contributed by atoms with Crippen molar-refractivity contribution < 1.29 is 18.7 Å². The molecule has 9 heteroatoms. The van der Waals surface area contributed by atoms with Gasteiger partial charge in [0.1, 0.15) is 19.1 Å². The minimum absolute atomic E-state index is 0.0902. The lowest BCUT2D eigenvalue weighted by Crippen LogP contribution is -2.41. The number of nitrogens with one attached hydrogen (secondary N) is 1. The first kappa shape index (κ1) is 20.9. The van der Waals surface area contributed by atoms with Crippen LogP contribution in [0.1, 0.15) is 39.5 Å². The standard InChI is InChI=1S/C18H29N7O2/c1-3-14(18(27)23-20)9-15(17(19)26)10-16(25-7-5-22-12-25)8-13(2)24-6-4-21-11-24/h4-5,11-16H,3,6-10,20H2,1-2H3,(H-2,19,23,26,27)/p+2. The number of nitrogens with zero attached hydrogens (tertiary/aromatic N) is 4. The molecule has 2 aliphatic rings. The van der Waals surface area contributed by atoms with Crippen molar-refractivity contribution in [2.24, 2.45) is 33.4 Å². The summed E-state index contributed by atoms with van der Waals surface area (Å²) in [4.78, 5) is 32.4. The molecule has 2 amide bonds. The Kier molecular flexibility index (Phi) is 7.78. The van der Waals surface area contributed by atoms with Crippen LogP contribution in [0.25, 0.3) is 0 Å². The lowest BCUT2D eigenvalue weighted by Gasteiger charge is -2.25. The highest BCUT2D eigenvalue weighted by atomic mass is 16.2. The number of hydrazine groups is 1. The third-order valence-electron chi connectivity index (χ3n) is 5.41. The summed E-state index contributed by atoms with van der Waals surface area (Å²) in [6.45, 7) is 5.55. The van der Waals surface area contributed by atoms with E-state index in [0.717, 1.165) is 13.0 Å². The second kappa shape index (κ2) is 10.1. The highest BCUT2D eigenvalue weighted by Crippen LogP contribution is 2.24. The summed E-state index contributed by atoms with van der Waals surface area (Å²) in [6.07, 6.45) is 9.78. The van der Waals surface area contributed by atoms with E-state index < -0.39 is 5.92 Å². The van der Waals surface area contributed by atoms with Gasteiger partial charge < -0.3 is 5.73 Å². The summed E-state index contributed by atoms with van der Waals surface area (Å²) < 4.78 is 4.30. The van der Waals surface area contributed by atoms with Gasteiger partial charge in [-0.25, -0.2) is 5.84 Å². The van der Waals surface area contributed by atoms with Gasteiger partial charge in [-0.1, -0.05) is 16.9 Å². The van der Waals surface area contributed by atoms with Crippen LogP contribution in [0.2, 0.25) is 0 Å². The van der Waals surface area contributed by atoms with Crippen LogP contribution in [0.5, 0.6) is 0 Å². The fourth-order valence-corrected chi connectivity index (χ4v) is 3.65. The van der Waals surface area contributed by atoms with E-state index in [2.05, 4.69) is 31.5 Å². The van der Waals surface area contributed by atoms with Crippen molar-refractivity contribution in [1.82, 2.24) is 5.43 Å². The summed E-state index contributed by atoms with van der Waals surface area (Å²) in [6, 6.07) is 0.349. The van der Waals surface area contributed by atoms with Crippen molar-refractivity contribution in [2.75, 3.05) is 13.1 Å². The minimum atomic E-state index is -0.405. The Labute approximate surface area is 159 Å². The molecule has 5 N–H and O–H groups in total. The molecule has 0 bridgehead atoms. The molecule has 4 atom stereocenters. The fraction of sp³-hybridized carbons (Fsp3) is 0.667. The SMILES string of the molecule is CCC(CC(CC(CC(C)[N+]1=CN=CC1)[N+]1=CN=CC1)C(N)=O)C(=O)NN. The van der Waals surface area contributed by atoms with Gasteiger partial charge in [0.2, 0.25) is 11.8 Å². The second-order valence-corrected chi connectivity index (χ2v) is 7.21. The lowest BCUT2D eigenvalue weighted by atomic mass is 9.85. The highest BCUT2D eigenvalue weighted by molar-refractivity contribution is 5.81. The van der Waals surface area contributed by atoms with Gasteiger partial charge in [-0.15, -0.1) is 0 Å². The smallest absolute Gasteiger partial charge is 0.281 e. The fourth-order valence-electron chi connectivity index (χ4n) is 3.65. The van der Waals surface area contributed by atoms with E-state index in [9.17, 15) is 9.59 Å². The summed E-state index contributed by atoms with van der Waals surface area (Å²) in [5.41, 5.74) is 7.87. The Hall–Kier alpha value is -2.42. The van der Waals surface area contributed by atoms with Gasteiger partial charge in [0.15, 0.2) is 12.4 Å². The monoisotopic (exact) mass is 377 g/mol. The summed E-state index contributed by atoms with van der Waals surface area (Å²) >= 11 is 0. The Balaban J connectivity index is 2.10. The molecule has 27 heavy (non-hydrogen) atoms. The first-order valence-corrected chi connectivity index (χ1v) is 9.47. The molecule has 0 saturated heterocycles. The molecule has 0 aliphatic carbocycles. The third-order valence-corrected chi connectivity index (χ3v) is 5.41. The molecule has 2 rings (SSSR count). The molecular weight excluding hydrogens is 346 g/mol. The maximum absolute atomic E-state index is 12.1. The third kappa shape index (κ3) is 5.78. The molecule has 0 spiro atoms. The van der Waals surface area contributed by atoms with Gasteiger partial charge in [0.25, 0.3) is 12.7 Å². The van der Waals surface area contributed by atoms with E-state index in [-0.39, 0.29) is 29.8 Å². The predicted octanol–water partition coefficient (Wildman–Crippen LogP) is -0.718. The number of nitrogens with two attached hydrogens (primary N) is 2. The average Bonchev–Trinajstić information content (AvgIpc) is 3.37. The van der Waals surface area contributed by atoms with Crippen LogP contribution in [0, 0.1) is 11.8 Å². The van der Waals surface area contributed by atoms with Crippen LogP contribution < -0.4 is 17.0 Å². The minimum Gasteiger partial charge on any atom is -0.369 e. The molecule has 0 aromatic heterocycles. The Morgan fingerprint density at radius 3 is 2.19 bits per heavy atom. The molecule has 0 aromatic carbocycles. The van der Waals surface area contributed by atoms with E-state index in [1.165, 1.54) is 0 Å². The van der Waals surface area contributed by atoms with Crippen molar-refractivity contribution in [1.29, 1.82) is 0 Å². The number of hydrogen-bond donors (Lipinski definition) is 3. The highest BCUT2D eigenvalue weighted by Gasteiger charge is 2.32. The number of hydrogen-bond acceptors (Lipinski definition) is 5. The molecule has 148 valence electrons. The summed E-state index contributed by atoms with van der Waals surface area (Å²) in [5.74, 6) is 3.90. The van der Waals surface area contributed by atoms with Crippen LogP contribution in [0.4, 0.5) is 0 Å². The Morgan fingerprint density at radius 1 is 1.07 bits per heavy atom. The number of aliphatic imine (C=N–C) groups is 2. The average molecular weight is 377 g/mol. The van der Waals surface area contributed by atoms with Gasteiger partial charge in [-0.05, 0) is 26.2 Å². The number of carbonyl (C=O) groups is 2. The van der Waals surface area contributed by atoms with Crippen molar-refractivity contribution in [3.05, 3.63) is 0 Å². The molecule has 0 aromatic rings. The van der Waals surface area contributed by atoms with Crippen molar-refractivity contribution in [2.45, 2.75) is 51.6 Å². The largest absolute Gasteiger partial charge is 0.369 e. The van der Waals surface area contributed by atoms with Crippen molar-refractivity contribution >= 4 is 36.9 Å². The normalized spacial score (nSPS) is 20.0. The van der Waals surface area contributed by atoms with Crippen LogP contribution >= 0.6 is 0 Å². The molecule has 9 nitrogen and oxygen atoms in total. The maximum Gasteiger partial charge on any atom is 0.281 e. The zero-order valence-electron chi connectivity index (χ0n) is 16.1. The Bertz CT molecular complexity index is 669. The first-order valence-electron chi connectivity index (χ1n) is 9.47. The predicted molar refractivity (Wildman–Crippen MR) is 105 cm³/mol. The van der Waals surface area contributed by atoms with Gasteiger partial charge in [-0.3, -0.25) is 24.2 Å². The quantitative estimate of drug-likeness (QED) is 0.190. The molecule has 0 radical (unpaired) electrons. The molecule has 2 aliphatic heterocycles. The molecule has 0 fully saturated rings. The van der Waals surface area contributed by atoms with Crippen LogP contribution in [-0.4, -0.2) is 71.2 Å². The number of amides is 2. The summed E-state index contributed by atoms with van der Waals surface area (Å²) in [7, 11) is 0. The van der Waals surface area contributed by atoms with Crippen LogP contribution in [0.15, 0.2) is 9.98 Å². The van der Waals surface area contributed by atoms with Crippen molar-refractivity contribution in [3.8, 4) is 0 Å². The molecular formula is C18H31N7O2+2. The number of carbonyl (C=O) groups excluding carboxylic acids is 2. The van der Waals surface area contributed by atoms with E-state index in [0.29, 0.717) is 25.8 Å². The number of rotatable bonds is 11. The van der Waals surface area contributed by atoms with Gasteiger partial charge >= 0.3 is 0 Å². The number of primary amides is 1. The molecule has 2 heterocycles. The van der Waals surface area contributed by atoms with Crippen LogP contribution in [-0.2, 0) is 9.59 Å². The Morgan fingerprint density at radius 2 is 1.70 bits per heavy atom. The molecule has 4 unspecified atom stereocenters. The maximum atomic E-state index is 12.1. The van der Waals surface area contributed by atoms with Gasteiger partial charge in [0, 0.05) is 18.3 Å². The van der Waals surface area contributed by atoms with Gasteiger partial charge in [0.05, 0.1) is 6.04 Å². The van der Waals surface area contributed by atoms with Gasteiger partial charge in [-0.2, -0.15) is 0 Å². The van der Waals surface area contributed by atoms with E-state index in [4.69, 9.17) is 11.6 Å². The van der Waals surface area contributed by atoms with E-state index in [1.54, 1.807) is 0 Å². The lowest BCUT2D eigenvalue weighted by molar-refractivity contribution is -0.580. The van der Waals surface area contributed by atoms with E-state index >= 15 is 0 Å². The first-order chi connectivity index (χ1) is 13.0. The molecule has 0 saturated carbocycles. The van der Waals surface area contributed by atoms with Crippen LogP contribution in [0.3, 0.4) is 0 Å². The zero-order chi connectivity index (χ0) is 19.8. The summed E-state index contributed by atoms with van der Waals surface area (Å²) in [5, 5.41) is 0. The van der Waals surface area contributed by atoms with E-state index in [1.807, 2.05) is 32.0 Å². The van der Waals surface area contributed by atoms with Crippen molar-refractivity contribution in [3.63, 3.8) is 0 Å².